The van der Waals surface area contributed by atoms with Crippen LogP contribution in [-0.4, -0.2) is 72.8 Å². The highest BCUT2D eigenvalue weighted by Crippen LogP contribution is 2.35. The van der Waals surface area contributed by atoms with Crippen molar-refractivity contribution in [2.75, 3.05) is 44.4 Å². The SMILES string of the molecule is CN(C)CC=CC(=O)Nc1ccc(C(=O)NCC(C)(C)CNc2ncc(Cl)c(-c3cn(S(=O)(=O)c4ccccc4)c4ccccc34)n2)cc1. The van der Waals surface area contributed by atoms with E-state index in [1.165, 1.54) is 22.4 Å². The zero-order chi connectivity index (χ0) is 35.2. The van der Waals surface area contributed by atoms with Crippen LogP contribution in [0.4, 0.5) is 11.6 Å². The van der Waals surface area contributed by atoms with Gasteiger partial charge in [-0.05, 0) is 62.0 Å². The molecule has 0 radical (unpaired) electrons. The van der Waals surface area contributed by atoms with Gasteiger partial charge in [-0.15, -0.1) is 0 Å². The summed E-state index contributed by atoms with van der Waals surface area (Å²) in [6, 6.07) is 22.1. The van der Waals surface area contributed by atoms with E-state index in [-0.39, 0.29) is 21.7 Å². The molecule has 0 spiro atoms. The number of hydrogen-bond acceptors (Lipinski definition) is 8. The number of halogens is 1. The molecule has 0 saturated carbocycles. The van der Waals surface area contributed by atoms with Gasteiger partial charge in [0.15, 0.2) is 0 Å². The molecule has 0 fully saturated rings. The highest BCUT2D eigenvalue weighted by Gasteiger charge is 2.24. The second kappa shape index (κ2) is 15.0. The van der Waals surface area contributed by atoms with Crippen molar-refractivity contribution in [2.24, 2.45) is 5.41 Å². The molecular weight excluding hydrogens is 662 g/mol. The summed E-state index contributed by atoms with van der Waals surface area (Å²) >= 11 is 6.59. The molecule has 3 aromatic carbocycles. The molecule has 49 heavy (non-hydrogen) atoms. The molecule has 0 aliphatic heterocycles. The van der Waals surface area contributed by atoms with E-state index in [1.807, 2.05) is 45.0 Å². The summed E-state index contributed by atoms with van der Waals surface area (Å²) in [6.45, 7) is 5.38. The van der Waals surface area contributed by atoms with E-state index in [2.05, 4.69) is 25.9 Å². The van der Waals surface area contributed by atoms with Crippen LogP contribution in [0.5, 0.6) is 0 Å². The summed E-state index contributed by atoms with van der Waals surface area (Å²) in [6.07, 6.45) is 6.26. The number of likely N-dealkylation sites (N-methyl/N-ethyl adjacent to an activating group) is 1. The normalized spacial score (nSPS) is 12.0. The van der Waals surface area contributed by atoms with Gasteiger partial charge in [0.2, 0.25) is 11.9 Å². The van der Waals surface area contributed by atoms with Gasteiger partial charge in [0.1, 0.15) is 0 Å². The number of anilines is 2. The van der Waals surface area contributed by atoms with E-state index in [0.717, 1.165) is 0 Å². The molecule has 2 aromatic heterocycles. The number of aromatic nitrogens is 3. The standard InChI is InChI=1S/C36H38ClN7O4S/c1-36(2,23-39-34(46)25-16-18-26(19-17-25)41-32(45)15-10-20-43(3)4)24-40-35-38-21-30(37)33(42-35)29-22-44(31-14-9-8-13-28(29)31)49(47,48)27-11-6-5-7-12-27/h5-19,21-22H,20,23-24H2,1-4H3,(H,39,46)(H,41,45)(H,38,40,42). The molecule has 2 heterocycles. The third-order valence-corrected chi connectivity index (χ3v) is 9.55. The topological polar surface area (TPSA) is 138 Å². The Balaban J connectivity index is 1.24. The fourth-order valence-electron chi connectivity index (χ4n) is 4.95. The van der Waals surface area contributed by atoms with Crippen molar-refractivity contribution in [3.8, 4) is 11.3 Å². The van der Waals surface area contributed by atoms with E-state index < -0.39 is 15.4 Å². The molecule has 5 aromatic rings. The Morgan fingerprint density at radius 1 is 0.959 bits per heavy atom. The number of fused-ring (bicyclic) bond motifs is 1. The minimum Gasteiger partial charge on any atom is -0.354 e. The lowest BCUT2D eigenvalue weighted by Gasteiger charge is -2.25. The van der Waals surface area contributed by atoms with Crippen molar-refractivity contribution in [1.82, 2.24) is 24.2 Å². The maximum Gasteiger partial charge on any atom is 0.268 e. The summed E-state index contributed by atoms with van der Waals surface area (Å²) in [5.41, 5.74) is 2.06. The molecule has 11 nitrogen and oxygen atoms in total. The number of rotatable bonds is 13. The summed E-state index contributed by atoms with van der Waals surface area (Å²) in [5, 5.41) is 9.92. The average Bonchev–Trinajstić information content (AvgIpc) is 3.48. The Labute approximate surface area is 291 Å². The molecule has 2 amide bonds. The van der Waals surface area contributed by atoms with Gasteiger partial charge < -0.3 is 20.9 Å². The zero-order valence-electron chi connectivity index (χ0n) is 27.6. The van der Waals surface area contributed by atoms with Gasteiger partial charge in [-0.1, -0.05) is 67.9 Å². The maximum atomic E-state index is 13.6. The van der Waals surface area contributed by atoms with Gasteiger partial charge in [-0.3, -0.25) is 9.59 Å². The molecule has 13 heteroatoms. The summed E-state index contributed by atoms with van der Waals surface area (Å²) in [5.74, 6) is -0.188. The Hall–Kier alpha value is -5.04. The van der Waals surface area contributed by atoms with Crippen molar-refractivity contribution in [3.63, 3.8) is 0 Å². The number of amides is 2. The molecule has 3 N–H and O–H groups in total. The van der Waals surface area contributed by atoms with Gasteiger partial charge in [0.05, 0.1) is 27.3 Å². The Morgan fingerprint density at radius 2 is 1.65 bits per heavy atom. The number of benzene rings is 3. The smallest absolute Gasteiger partial charge is 0.268 e. The Kier molecular flexibility index (Phi) is 10.8. The minimum atomic E-state index is -3.89. The predicted molar refractivity (Wildman–Crippen MR) is 194 cm³/mol. The Bertz CT molecular complexity index is 2100. The van der Waals surface area contributed by atoms with Crippen molar-refractivity contribution in [1.29, 1.82) is 0 Å². The van der Waals surface area contributed by atoms with Crippen molar-refractivity contribution < 1.29 is 18.0 Å². The molecule has 0 saturated heterocycles. The van der Waals surface area contributed by atoms with Crippen LogP contribution in [0.1, 0.15) is 24.2 Å². The monoisotopic (exact) mass is 699 g/mol. The number of hydrogen-bond donors (Lipinski definition) is 3. The second-order valence-corrected chi connectivity index (χ2v) is 14.7. The molecule has 5 rings (SSSR count). The number of nitrogens with one attached hydrogen (secondary N) is 3. The summed E-state index contributed by atoms with van der Waals surface area (Å²) < 4.78 is 28.4. The number of para-hydroxylation sites is 1. The van der Waals surface area contributed by atoms with Crippen LogP contribution in [0.3, 0.4) is 0 Å². The zero-order valence-corrected chi connectivity index (χ0v) is 29.2. The predicted octanol–water partition coefficient (Wildman–Crippen LogP) is 5.91. The first-order chi connectivity index (χ1) is 23.3. The first-order valence-electron chi connectivity index (χ1n) is 15.5. The van der Waals surface area contributed by atoms with Crippen LogP contribution in [0, 0.1) is 5.41 Å². The van der Waals surface area contributed by atoms with Crippen LogP contribution >= 0.6 is 11.6 Å². The van der Waals surface area contributed by atoms with Gasteiger partial charge in [0, 0.05) is 54.1 Å². The van der Waals surface area contributed by atoms with Crippen molar-refractivity contribution in [2.45, 2.75) is 18.7 Å². The number of carbonyl (C=O) groups is 2. The fourth-order valence-corrected chi connectivity index (χ4v) is 6.53. The first-order valence-corrected chi connectivity index (χ1v) is 17.3. The highest BCUT2D eigenvalue weighted by molar-refractivity contribution is 7.90. The number of nitrogens with zero attached hydrogens (tertiary/aromatic N) is 4. The van der Waals surface area contributed by atoms with Gasteiger partial charge in [0.25, 0.3) is 15.9 Å². The lowest BCUT2D eigenvalue weighted by molar-refractivity contribution is -0.111. The maximum absolute atomic E-state index is 13.6. The first kappa shape index (κ1) is 35.3. The Morgan fingerprint density at radius 3 is 2.37 bits per heavy atom. The van der Waals surface area contributed by atoms with Gasteiger partial charge in [-0.2, -0.15) is 0 Å². The molecule has 0 aliphatic rings. The summed E-state index contributed by atoms with van der Waals surface area (Å²) in [7, 11) is -0.0567. The van der Waals surface area contributed by atoms with Crippen LogP contribution < -0.4 is 16.0 Å². The van der Waals surface area contributed by atoms with Crippen LogP contribution in [-0.2, 0) is 14.8 Å². The minimum absolute atomic E-state index is 0.164. The molecule has 0 atom stereocenters. The second-order valence-electron chi connectivity index (χ2n) is 12.5. The fraction of sp³-hybridized carbons (Fsp3) is 0.222. The largest absolute Gasteiger partial charge is 0.354 e. The van der Waals surface area contributed by atoms with Crippen molar-refractivity contribution >= 4 is 56.0 Å². The van der Waals surface area contributed by atoms with E-state index in [1.54, 1.807) is 72.8 Å². The highest BCUT2D eigenvalue weighted by atomic mass is 35.5. The average molecular weight is 700 g/mol. The lowest BCUT2D eigenvalue weighted by atomic mass is 9.93. The van der Waals surface area contributed by atoms with Crippen LogP contribution in [0.2, 0.25) is 5.02 Å². The molecule has 0 aliphatic carbocycles. The summed E-state index contributed by atoms with van der Waals surface area (Å²) in [4.78, 5) is 36.1. The molecular formula is C36H38ClN7O4S. The number of carbonyl (C=O) groups excluding carboxylic acids is 2. The van der Waals surface area contributed by atoms with Crippen molar-refractivity contribution in [3.05, 3.63) is 114 Å². The van der Waals surface area contributed by atoms with E-state index in [0.29, 0.717) is 59.0 Å². The lowest BCUT2D eigenvalue weighted by Crippen LogP contribution is -2.38. The van der Waals surface area contributed by atoms with E-state index in [4.69, 9.17) is 11.6 Å². The molecule has 254 valence electrons. The van der Waals surface area contributed by atoms with E-state index >= 15 is 0 Å². The third-order valence-electron chi connectivity index (χ3n) is 7.58. The van der Waals surface area contributed by atoms with E-state index in [9.17, 15) is 18.0 Å². The third kappa shape index (κ3) is 8.71. The quantitative estimate of drug-likeness (QED) is 0.129. The van der Waals surface area contributed by atoms with Gasteiger partial charge in [-0.25, -0.2) is 22.4 Å². The molecule has 0 unspecified atom stereocenters. The van der Waals surface area contributed by atoms with Gasteiger partial charge >= 0.3 is 0 Å². The molecule has 0 bridgehead atoms. The van der Waals surface area contributed by atoms with Crippen LogP contribution in [0.15, 0.2) is 108 Å². The van der Waals surface area contributed by atoms with Crippen LogP contribution in [0.25, 0.3) is 22.2 Å².